The Morgan fingerprint density at radius 2 is 1.86 bits per heavy atom. The maximum Gasteiger partial charge on any atom is 0.257 e. The van der Waals surface area contributed by atoms with Gasteiger partial charge in [0, 0.05) is 36.5 Å². The van der Waals surface area contributed by atoms with Gasteiger partial charge in [-0.1, -0.05) is 17.7 Å². The second-order valence-corrected chi connectivity index (χ2v) is 8.25. The topological polar surface area (TPSA) is 51.2 Å². The van der Waals surface area contributed by atoms with Crippen LogP contribution in [0.4, 0.5) is 8.78 Å². The lowest BCUT2D eigenvalue weighted by Gasteiger charge is -2.22. The number of β-amino-alcohol motifs (C(OH)–C–C–N with tert-alkyl or cyclic N) is 1. The summed E-state index contributed by atoms with van der Waals surface area (Å²) in [6, 6.07) is 11.0. The third kappa shape index (κ3) is 3.63. The van der Waals surface area contributed by atoms with E-state index in [2.05, 4.69) is 0 Å². The highest BCUT2D eigenvalue weighted by atomic mass is 35.5. The van der Waals surface area contributed by atoms with Crippen LogP contribution in [0.1, 0.15) is 0 Å². The van der Waals surface area contributed by atoms with Gasteiger partial charge in [0.1, 0.15) is 18.5 Å². The molecule has 1 saturated heterocycles. The highest BCUT2D eigenvalue weighted by molar-refractivity contribution is 6.31. The van der Waals surface area contributed by atoms with E-state index in [0.717, 1.165) is 11.1 Å². The van der Waals surface area contributed by atoms with E-state index >= 15 is 0 Å². The fourth-order valence-corrected chi connectivity index (χ4v) is 4.40. The number of rotatable bonds is 6. The molecule has 2 aromatic carbocycles. The number of piperidine rings is 1. The average Bonchev–Trinajstić information content (AvgIpc) is 3.13. The van der Waals surface area contributed by atoms with E-state index in [-0.39, 0.29) is 13.4 Å². The number of hydrogen-bond donors (Lipinski definition) is 1. The van der Waals surface area contributed by atoms with Gasteiger partial charge in [0.25, 0.3) is 5.92 Å². The Morgan fingerprint density at radius 1 is 1.10 bits per heavy atom. The molecule has 1 aliphatic carbocycles. The van der Waals surface area contributed by atoms with Gasteiger partial charge in [0.2, 0.25) is 6.79 Å². The molecule has 3 aliphatic rings. The summed E-state index contributed by atoms with van der Waals surface area (Å²) in [6.07, 6.45) is -0.769. The van der Waals surface area contributed by atoms with Crippen molar-refractivity contribution in [2.75, 3.05) is 33.0 Å². The average molecular weight is 424 g/mol. The number of halogens is 3. The number of likely N-dealkylation sites (tertiary alicyclic amines) is 1. The van der Waals surface area contributed by atoms with Gasteiger partial charge in [-0.15, -0.1) is 0 Å². The lowest BCUT2D eigenvalue weighted by molar-refractivity contribution is 0.0302. The molecule has 1 saturated carbocycles. The molecule has 3 atom stereocenters. The Labute approximate surface area is 171 Å². The van der Waals surface area contributed by atoms with Crippen LogP contribution in [-0.2, 0) is 0 Å². The number of hydrogen-bond acceptors (Lipinski definition) is 5. The summed E-state index contributed by atoms with van der Waals surface area (Å²) in [7, 11) is 0. The van der Waals surface area contributed by atoms with E-state index in [0.29, 0.717) is 41.9 Å². The quantitative estimate of drug-likeness (QED) is 0.768. The highest BCUT2D eigenvalue weighted by Gasteiger charge is 2.71. The Kier molecular flexibility index (Phi) is 4.57. The van der Waals surface area contributed by atoms with E-state index in [1.165, 1.54) is 0 Å². The van der Waals surface area contributed by atoms with Crippen LogP contribution in [0.2, 0.25) is 5.02 Å². The van der Waals surface area contributed by atoms with Crippen LogP contribution in [-0.4, -0.2) is 55.1 Å². The molecule has 8 heteroatoms. The molecule has 2 fully saturated rings. The predicted octanol–water partition coefficient (Wildman–Crippen LogP) is 3.67. The number of fused-ring (bicyclic) bond motifs is 2. The second kappa shape index (κ2) is 7.00. The van der Waals surface area contributed by atoms with Crippen molar-refractivity contribution in [2.45, 2.75) is 12.0 Å². The molecular formula is C21H20ClF2NO4. The van der Waals surface area contributed by atoms with Crippen molar-refractivity contribution in [3.05, 3.63) is 41.4 Å². The number of alkyl halides is 2. The summed E-state index contributed by atoms with van der Waals surface area (Å²) in [6.45, 7) is 1.25. The molecule has 29 heavy (non-hydrogen) atoms. The highest BCUT2D eigenvalue weighted by Crippen LogP contribution is 2.59. The Balaban J connectivity index is 1.20. The van der Waals surface area contributed by atoms with Crippen molar-refractivity contribution in [3.63, 3.8) is 0 Å². The third-order valence-corrected chi connectivity index (χ3v) is 5.98. The van der Waals surface area contributed by atoms with Gasteiger partial charge in [-0.2, -0.15) is 0 Å². The monoisotopic (exact) mass is 423 g/mol. The standard InChI is InChI=1S/C21H20ClF2NO4/c22-14-3-13(12-1-2-19-20(5-12)29-11-28-19)4-16(6-14)27-10-15(26)7-25-8-17-18(9-25)21(17,23)24/h1-6,15,17-18,26H,7-11H2. The van der Waals surface area contributed by atoms with Gasteiger partial charge in [-0.25, -0.2) is 8.78 Å². The van der Waals surface area contributed by atoms with Crippen LogP contribution < -0.4 is 14.2 Å². The molecule has 2 aromatic rings. The van der Waals surface area contributed by atoms with Crippen LogP contribution >= 0.6 is 11.6 Å². The van der Waals surface area contributed by atoms with Crippen molar-refractivity contribution in [2.24, 2.45) is 11.8 Å². The molecule has 154 valence electrons. The number of aliphatic hydroxyl groups is 1. The smallest absolute Gasteiger partial charge is 0.257 e. The molecule has 5 nitrogen and oxygen atoms in total. The van der Waals surface area contributed by atoms with Gasteiger partial charge in [0.05, 0.1) is 0 Å². The number of ether oxygens (including phenoxy) is 3. The third-order valence-electron chi connectivity index (χ3n) is 5.76. The molecule has 3 unspecified atom stereocenters. The summed E-state index contributed by atoms with van der Waals surface area (Å²) in [5, 5.41) is 10.8. The zero-order valence-electron chi connectivity index (χ0n) is 15.5. The van der Waals surface area contributed by atoms with Crippen LogP contribution in [0.25, 0.3) is 11.1 Å². The van der Waals surface area contributed by atoms with Crippen molar-refractivity contribution < 1.29 is 28.1 Å². The minimum Gasteiger partial charge on any atom is -0.491 e. The lowest BCUT2D eigenvalue weighted by Crippen LogP contribution is -2.37. The van der Waals surface area contributed by atoms with E-state index in [4.69, 9.17) is 25.8 Å². The van der Waals surface area contributed by atoms with Gasteiger partial charge < -0.3 is 19.3 Å². The van der Waals surface area contributed by atoms with Crippen LogP contribution in [0.5, 0.6) is 17.2 Å². The summed E-state index contributed by atoms with van der Waals surface area (Å²) in [5.74, 6) is -1.70. The van der Waals surface area contributed by atoms with Crippen LogP contribution in [0.3, 0.4) is 0 Å². The first-order chi connectivity index (χ1) is 13.9. The van der Waals surface area contributed by atoms with Crippen molar-refractivity contribution in [1.29, 1.82) is 0 Å². The SMILES string of the molecule is OC(COc1cc(Cl)cc(-c2ccc3c(c2)OCO3)c1)CN1CC2C(C1)C2(F)F. The van der Waals surface area contributed by atoms with Gasteiger partial charge >= 0.3 is 0 Å². The first kappa shape index (κ1) is 18.9. The Morgan fingerprint density at radius 3 is 2.66 bits per heavy atom. The van der Waals surface area contributed by atoms with Crippen LogP contribution in [0.15, 0.2) is 36.4 Å². The molecule has 1 N–H and O–H groups in total. The van der Waals surface area contributed by atoms with E-state index in [1.54, 1.807) is 6.07 Å². The van der Waals surface area contributed by atoms with E-state index < -0.39 is 23.9 Å². The first-order valence-electron chi connectivity index (χ1n) is 9.52. The summed E-state index contributed by atoms with van der Waals surface area (Å²) in [5.41, 5.74) is 1.75. The molecule has 0 radical (unpaired) electrons. The maximum atomic E-state index is 13.3. The second-order valence-electron chi connectivity index (χ2n) is 7.81. The molecule has 2 heterocycles. The molecule has 0 bridgehead atoms. The number of nitrogens with zero attached hydrogens (tertiary/aromatic N) is 1. The lowest BCUT2D eigenvalue weighted by atomic mass is 10.0. The minimum absolute atomic E-state index is 0.0587. The van der Waals surface area contributed by atoms with E-state index in [9.17, 15) is 13.9 Å². The number of aliphatic hydroxyl groups excluding tert-OH is 1. The zero-order chi connectivity index (χ0) is 20.2. The van der Waals surface area contributed by atoms with Crippen molar-refractivity contribution in [3.8, 4) is 28.4 Å². The summed E-state index contributed by atoms with van der Waals surface area (Å²) >= 11 is 6.24. The molecule has 0 spiro atoms. The molecular weight excluding hydrogens is 404 g/mol. The predicted molar refractivity (Wildman–Crippen MR) is 103 cm³/mol. The largest absolute Gasteiger partial charge is 0.491 e. The fraction of sp³-hybridized carbons (Fsp3) is 0.429. The number of benzene rings is 2. The molecule has 0 amide bonds. The maximum absolute atomic E-state index is 13.3. The van der Waals surface area contributed by atoms with Crippen molar-refractivity contribution >= 4 is 11.6 Å². The normalized spacial score (nSPS) is 25.0. The molecule has 5 rings (SSSR count). The molecule has 2 aliphatic heterocycles. The summed E-state index contributed by atoms with van der Waals surface area (Å²) < 4.78 is 43.0. The van der Waals surface area contributed by atoms with Gasteiger partial charge in [-0.3, -0.25) is 4.90 Å². The van der Waals surface area contributed by atoms with Gasteiger partial charge in [0.15, 0.2) is 11.5 Å². The fourth-order valence-electron chi connectivity index (χ4n) is 4.17. The molecule has 0 aromatic heterocycles. The Hall–Kier alpha value is -2.09. The minimum atomic E-state index is -2.51. The first-order valence-corrected chi connectivity index (χ1v) is 9.89. The Bertz CT molecular complexity index is 927. The van der Waals surface area contributed by atoms with E-state index in [1.807, 2.05) is 35.2 Å². The zero-order valence-corrected chi connectivity index (χ0v) is 16.2. The van der Waals surface area contributed by atoms with Crippen LogP contribution in [0, 0.1) is 11.8 Å². The van der Waals surface area contributed by atoms with Gasteiger partial charge in [-0.05, 0) is 41.5 Å². The van der Waals surface area contributed by atoms with Crippen molar-refractivity contribution in [1.82, 2.24) is 4.90 Å². The summed E-state index contributed by atoms with van der Waals surface area (Å²) in [4.78, 5) is 1.87.